The number of ketones is 1. The Kier molecular flexibility index (Phi) is 28.3. The molecule has 0 radical (unpaired) electrons. The van der Waals surface area contributed by atoms with E-state index in [0.717, 1.165) is 10.5 Å². The molecule has 0 saturated heterocycles. The number of Topliss-reactive ketones (excluding diaryl/α,β-unsaturated/α-hetero) is 1. The van der Waals surface area contributed by atoms with Crippen LogP contribution in [0.15, 0.2) is 36.4 Å². The first-order valence-electron chi connectivity index (χ1n) is 20.6. The molecule has 1 aromatic rings. The van der Waals surface area contributed by atoms with Crippen molar-refractivity contribution in [1.82, 2.24) is 15.5 Å². The number of ether oxygens (including phenoxy) is 8. The number of anilines is 1. The molecule has 2 atom stereocenters. The van der Waals surface area contributed by atoms with Crippen LogP contribution in [-0.2, 0) is 66.7 Å². The maximum Gasteiger partial charge on any atom is 0.253 e. The second-order valence-electron chi connectivity index (χ2n) is 14.1. The summed E-state index contributed by atoms with van der Waals surface area (Å²) >= 11 is 0. The van der Waals surface area contributed by atoms with Crippen LogP contribution < -0.4 is 16.0 Å². The van der Waals surface area contributed by atoms with Crippen LogP contribution in [-0.4, -0.2) is 165 Å². The average molecular weight is 851 g/mol. The maximum atomic E-state index is 13.0. The summed E-state index contributed by atoms with van der Waals surface area (Å²) in [6, 6.07) is 6.74. The number of imide groups is 1. The fourth-order valence-electron chi connectivity index (χ4n) is 5.31. The molecule has 1 aliphatic rings. The molecule has 338 valence electrons. The van der Waals surface area contributed by atoms with Gasteiger partial charge in [0.2, 0.25) is 17.7 Å². The summed E-state index contributed by atoms with van der Waals surface area (Å²) in [6.45, 7) is 13.9. The van der Waals surface area contributed by atoms with Crippen molar-refractivity contribution in [3.05, 3.63) is 42.0 Å². The van der Waals surface area contributed by atoms with Crippen molar-refractivity contribution in [1.29, 1.82) is 0 Å². The van der Waals surface area contributed by atoms with Crippen LogP contribution >= 0.6 is 0 Å². The highest BCUT2D eigenvalue weighted by Gasteiger charge is 2.27. The number of nitrogens with zero attached hydrogens (tertiary/aromatic N) is 1. The second-order valence-corrected chi connectivity index (χ2v) is 14.1. The molecule has 3 N–H and O–H groups in total. The van der Waals surface area contributed by atoms with E-state index in [0.29, 0.717) is 111 Å². The molecule has 0 saturated carbocycles. The monoisotopic (exact) mass is 850 g/mol. The fourth-order valence-corrected chi connectivity index (χ4v) is 5.31. The fraction of sp³-hybridized carbons (Fsp3) is 0.667. The van der Waals surface area contributed by atoms with Gasteiger partial charge in [0.05, 0.1) is 112 Å². The van der Waals surface area contributed by atoms with E-state index >= 15 is 0 Å². The van der Waals surface area contributed by atoms with Gasteiger partial charge in [-0.2, -0.15) is 0 Å². The van der Waals surface area contributed by atoms with Crippen molar-refractivity contribution in [2.45, 2.75) is 53.0 Å². The summed E-state index contributed by atoms with van der Waals surface area (Å²) in [7, 11) is 0. The lowest BCUT2D eigenvalue weighted by Crippen LogP contribution is -2.45. The van der Waals surface area contributed by atoms with Gasteiger partial charge in [0.15, 0.2) is 5.78 Å². The lowest BCUT2D eigenvalue weighted by molar-refractivity contribution is -0.137. The normalized spacial score (nSPS) is 13.5. The highest BCUT2D eigenvalue weighted by atomic mass is 16.6. The topological polar surface area (TPSA) is 216 Å². The smallest absolute Gasteiger partial charge is 0.253 e. The Bertz CT molecular complexity index is 1420. The number of hydrogen-bond donors (Lipinski definition) is 3. The Balaban J connectivity index is 1.28. The lowest BCUT2D eigenvalue weighted by Gasteiger charge is -2.22. The quantitative estimate of drug-likeness (QED) is 0.0641. The summed E-state index contributed by atoms with van der Waals surface area (Å²) in [6.07, 6.45) is 2.53. The van der Waals surface area contributed by atoms with Crippen molar-refractivity contribution in [2.24, 2.45) is 11.8 Å². The molecule has 0 fully saturated rings. The van der Waals surface area contributed by atoms with E-state index in [1.54, 1.807) is 6.92 Å². The van der Waals surface area contributed by atoms with Crippen LogP contribution in [0.5, 0.6) is 0 Å². The van der Waals surface area contributed by atoms with Gasteiger partial charge in [-0.1, -0.05) is 38.5 Å². The average Bonchev–Trinajstić information content (AvgIpc) is 3.54. The van der Waals surface area contributed by atoms with Crippen molar-refractivity contribution >= 4 is 41.0 Å². The zero-order valence-electron chi connectivity index (χ0n) is 35.7. The molecule has 0 bridgehead atoms. The first-order valence-corrected chi connectivity index (χ1v) is 20.6. The van der Waals surface area contributed by atoms with Crippen LogP contribution in [0.3, 0.4) is 0 Å². The minimum Gasteiger partial charge on any atom is -0.379 e. The zero-order chi connectivity index (χ0) is 43.8. The van der Waals surface area contributed by atoms with E-state index in [-0.39, 0.29) is 61.8 Å². The highest BCUT2D eigenvalue weighted by Crippen LogP contribution is 2.15. The van der Waals surface area contributed by atoms with Crippen LogP contribution in [0.2, 0.25) is 0 Å². The van der Waals surface area contributed by atoms with Gasteiger partial charge in [-0.3, -0.25) is 33.7 Å². The first kappa shape index (κ1) is 52.0. The molecule has 1 aliphatic heterocycles. The summed E-state index contributed by atoms with van der Waals surface area (Å²) in [5.41, 5.74) is 1.75. The predicted molar refractivity (Wildman–Crippen MR) is 220 cm³/mol. The third-order valence-corrected chi connectivity index (χ3v) is 8.71. The summed E-state index contributed by atoms with van der Waals surface area (Å²) in [5.74, 6) is -2.49. The molecule has 2 rings (SSSR count). The third kappa shape index (κ3) is 24.8. The Morgan fingerprint density at radius 2 is 1.02 bits per heavy atom. The Morgan fingerprint density at radius 3 is 1.47 bits per heavy atom. The molecule has 0 aromatic heterocycles. The van der Waals surface area contributed by atoms with Gasteiger partial charge in [-0.15, -0.1) is 0 Å². The molecular weight excluding hydrogens is 784 g/mol. The standard InChI is InChI=1S/C42H66N4O14/c1-32(2)41(36(47)31-34(4)42(52)44-35-7-5-33(3)6-8-35)45-38(49)12-15-53-17-19-55-21-23-57-25-27-59-29-30-60-28-26-58-24-22-56-20-18-54-16-13-43-37(48)11-14-46-39(50)9-10-40(46)51/h5-10,32,34,41H,11-31H2,1-4H3,(H,43,48)(H,44,52)(H,45,49)/t34-,41?/m1/s1. The molecule has 0 spiro atoms. The van der Waals surface area contributed by atoms with Crippen LogP contribution in [0.4, 0.5) is 5.69 Å². The number of carbonyl (C=O) groups excluding carboxylic acids is 6. The predicted octanol–water partition coefficient (Wildman–Crippen LogP) is 1.62. The second kappa shape index (κ2) is 32.6. The number of aryl methyl sites for hydroxylation is 1. The molecule has 18 heteroatoms. The number of amides is 5. The number of rotatable bonds is 37. The number of nitrogens with one attached hydrogen (secondary N) is 3. The van der Waals surface area contributed by atoms with Crippen LogP contribution in [0.1, 0.15) is 45.6 Å². The van der Waals surface area contributed by atoms with E-state index < -0.39 is 23.8 Å². The summed E-state index contributed by atoms with van der Waals surface area (Å²) in [4.78, 5) is 73.9. The maximum absolute atomic E-state index is 13.0. The first-order chi connectivity index (χ1) is 29.0. The molecule has 1 unspecified atom stereocenters. The molecule has 0 aliphatic carbocycles. The molecule has 1 heterocycles. The summed E-state index contributed by atoms with van der Waals surface area (Å²) in [5, 5.41) is 8.31. The van der Waals surface area contributed by atoms with Gasteiger partial charge in [0, 0.05) is 56.1 Å². The zero-order valence-corrected chi connectivity index (χ0v) is 35.7. The highest BCUT2D eigenvalue weighted by molar-refractivity contribution is 6.13. The Labute approximate surface area is 353 Å². The van der Waals surface area contributed by atoms with E-state index in [4.69, 9.17) is 37.9 Å². The molecule has 1 aromatic carbocycles. The minimum absolute atomic E-state index is 0.0181. The van der Waals surface area contributed by atoms with Crippen molar-refractivity contribution in [3.8, 4) is 0 Å². The lowest BCUT2D eigenvalue weighted by atomic mass is 9.92. The van der Waals surface area contributed by atoms with Gasteiger partial charge >= 0.3 is 0 Å². The van der Waals surface area contributed by atoms with Gasteiger partial charge < -0.3 is 53.8 Å². The van der Waals surface area contributed by atoms with Crippen molar-refractivity contribution in [2.75, 3.05) is 124 Å². The number of hydrogen-bond acceptors (Lipinski definition) is 14. The van der Waals surface area contributed by atoms with E-state index in [1.807, 2.05) is 45.0 Å². The van der Waals surface area contributed by atoms with Gasteiger partial charge in [-0.25, -0.2) is 0 Å². The van der Waals surface area contributed by atoms with E-state index in [2.05, 4.69) is 16.0 Å². The number of benzene rings is 1. The van der Waals surface area contributed by atoms with Gasteiger partial charge in [0.1, 0.15) is 0 Å². The minimum atomic E-state index is -0.692. The molecular formula is C42H66N4O14. The molecule has 5 amide bonds. The SMILES string of the molecule is Cc1ccc(NC(=O)[C@H](C)CC(=O)C(NC(=O)CCOCCOCCOCCOCCOCCOCCOCCOCCNC(=O)CCN2C(=O)C=CC2=O)C(C)C)cc1. The number of carbonyl (C=O) groups is 6. The molecule has 18 nitrogen and oxygen atoms in total. The van der Waals surface area contributed by atoms with E-state index in [9.17, 15) is 28.8 Å². The summed E-state index contributed by atoms with van der Waals surface area (Å²) < 4.78 is 43.7. The van der Waals surface area contributed by atoms with Gasteiger partial charge in [-0.05, 0) is 25.0 Å². The van der Waals surface area contributed by atoms with Crippen LogP contribution in [0.25, 0.3) is 0 Å². The van der Waals surface area contributed by atoms with Crippen molar-refractivity contribution in [3.63, 3.8) is 0 Å². The third-order valence-electron chi connectivity index (χ3n) is 8.71. The Hall–Kier alpha value is -4.14. The van der Waals surface area contributed by atoms with Crippen molar-refractivity contribution < 1.29 is 66.7 Å². The van der Waals surface area contributed by atoms with E-state index in [1.165, 1.54) is 12.2 Å². The molecule has 60 heavy (non-hydrogen) atoms. The Morgan fingerprint density at radius 1 is 0.583 bits per heavy atom. The van der Waals surface area contributed by atoms with Crippen LogP contribution in [0, 0.1) is 18.8 Å². The largest absolute Gasteiger partial charge is 0.379 e. The van der Waals surface area contributed by atoms with Gasteiger partial charge in [0.25, 0.3) is 11.8 Å².